The standard InChI is InChI=1S/C21H21NO5/c1-13-11-15-7-3-4-8-16(15)22(13)20(23)14(2)26-21(24)19-12-25-17-9-5-6-10-18(17)27-19/h3-10,13-14,19H,11-12H2,1-2H3/t13-,14+,19-/m0/s1. The zero-order chi connectivity index (χ0) is 19.0. The fourth-order valence-corrected chi connectivity index (χ4v) is 3.53. The van der Waals surface area contributed by atoms with E-state index in [9.17, 15) is 9.59 Å². The number of amides is 1. The largest absolute Gasteiger partial charge is 0.485 e. The SMILES string of the molecule is C[C@@H](OC(=O)[C@@H]1COc2ccccc2O1)C(=O)N1c2ccccc2C[C@@H]1C. The van der Waals surface area contributed by atoms with Crippen LogP contribution in [0.2, 0.25) is 0 Å². The molecule has 0 unspecified atom stereocenters. The molecule has 0 N–H and O–H groups in total. The second-order valence-corrected chi connectivity index (χ2v) is 6.83. The average molecular weight is 367 g/mol. The van der Waals surface area contributed by atoms with Crippen molar-refractivity contribution in [3.63, 3.8) is 0 Å². The van der Waals surface area contributed by atoms with Crippen LogP contribution in [0.4, 0.5) is 5.69 Å². The molecule has 3 atom stereocenters. The Labute approximate surface area is 157 Å². The number of anilines is 1. The molecule has 0 bridgehead atoms. The molecule has 1 amide bonds. The average Bonchev–Trinajstić information content (AvgIpc) is 3.02. The van der Waals surface area contributed by atoms with E-state index in [1.807, 2.05) is 37.3 Å². The number of para-hydroxylation sites is 3. The molecule has 0 spiro atoms. The predicted octanol–water partition coefficient (Wildman–Crippen LogP) is 2.74. The molecule has 2 aliphatic rings. The summed E-state index contributed by atoms with van der Waals surface area (Å²) < 4.78 is 16.6. The van der Waals surface area contributed by atoms with E-state index in [2.05, 4.69) is 0 Å². The first-order chi connectivity index (χ1) is 13.0. The molecule has 6 nitrogen and oxygen atoms in total. The molecule has 2 heterocycles. The van der Waals surface area contributed by atoms with Crippen LogP contribution in [0.5, 0.6) is 11.5 Å². The summed E-state index contributed by atoms with van der Waals surface area (Å²) in [6.07, 6.45) is -1.01. The Balaban J connectivity index is 1.43. The van der Waals surface area contributed by atoms with Gasteiger partial charge in [-0.25, -0.2) is 4.79 Å². The van der Waals surface area contributed by atoms with Crippen molar-refractivity contribution in [2.75, 3.05) is 11.5 Å². The van der Waals surface area contributed by atoms with Crippen molar-refractivity contribution in [2.45, 2.75) is 38.5 Å². The summed E-state index contributed by atoms with van der Waals surface area (Å²) in [6, 6.07) is 14.9. The maximum absolute atomic E-state index is 12.9. The Hall–Kier alpha value is -3.02. The lowest BCUT2D eigenvalue weighted by Crippen LogP contribution is -2.46. The first-order valence-corrected chi connectivity index (χ1v) is 9.04. The normalized spacial score (nSPS) is 21.3. The first kappa shape index (κ1) is 17.4. The van der Waals surface area contributed by atoms with E-state index >= 15 is 0 Å². The summed E-state index contributed by atoms with van der Waals surface area (Å²) in [5.74, 6) is 0.239. The third-order valence-corrected chi connectivity index (χ3v) is 4.86. The summed E-state index contributed by atoms with van der Waals surface area (Å²) in [5.41, 5.74) is 2.00. The van der Waals surface area contributed by atoms with Crippen LogP contribution in [-0.2, 0) is 20.7 Å². The van der Waals surface area contributed by atoms with Gasteiger partial charge >= 0.3 is 5.97 Å². The van der Waals surface area contributed by atoms with Crippen molar-refractivity contribution >= 4 is 17.6 Å². The van der Waals surface area contributed by atoms with Gasteiger partial charge in [-0.1, -0.05) is 30.3 Å². The van der Waals surface area contributed by atoms with Gasteiger partial charge in [-0.05, 0) is 44.0 Å². The van der Waals surface area contributed by atoms with Crippen molar-refractivity contribution in [1.82, 2.24) is 0 Å². The van der Waals surface area contributed by atoms with Crippen LogP contribution in [0, 0.1) is 0 Å². The minimum atomic E-state index is -0.910. The summed E-state index contributed by atoms with van der Waals surface area (Å²) in [6.45, 7) is 3.63. The lowest BCUT2D eigenvalue weighted by molar-refractivity contribution is -0.163. The number of rotatable bonds is 3. The highest BCUT2D eigenvalue weighted by atomic mass is 16.6. The molecule has 27 heavy (non-hydrogen) atoms. The topological polar surface area (TPSA) is 65.1 Å². The van der Waals surface area contributed by atoms with Crippen LogP contribution < -0.4 is 14.4 Å². The lowest BCUT2D eigenvalue weighted by atomic mass is 10.1. The van der Waals surface area contributed by atoms with Crippen LogP contribution in [0.15, 0.2) is 48.5 Å². The number of hydrogen-bond acceptors (Lipinski definition) is 5. The summed E-state index contributed by atoms with van der Waals surface area (Å²) in [7, 11) is 0. The van der Waals surface area contributed by atoms with Crippen LogP contribution in [-0.4, -0.2) is 36.7 Å². The monoisotopic (exact) mass is 367 g/mol. The molecule has 0 aromatic heterocycles. The number of fused-ring (bicyclic) bond motifs is 2. The maximum atomic E-state index is 12.9. The minimum absolute atomic E-state index is 0.0252. The molecule has 2 aliphatic heterocycles. The van der Waals surface area contributed by atoms with Crippen LogP contribution in [0.1, 0.15) is 19.4 Å². The van der Waals surface area contributed by atoms with E-state index in [-0.39, 0.29) is 18.6 Å². The van der Waals surface area contributed by atoms with E-state index in [4.69, 9.17) is 14.2 Å². The molecular formula is C21H21NO5. The Kier molecular flexibility index (Phi) is 4.48. The van der Waals surface area contributed by atoms with Crippen molar-refractivity contribution in [3.05, 3.63) is 54.1 Å². The highest BCUT2D eigenvalue weighted by Gasteiger charge is 2.36. The molecule has 0 saturated heterocycles. The van der Waals surface area contributed by atoms with Crippen molar-refractivity contribution in [1.29, 1.82) is 0 Å². The van der Waals surface area contributed by atoms with Gasteiger partial charge < -0.3 is 19.1 Å². The van der Waals surface area contributed by atoms with Gasteiger partial charge in [-0.15, -0.1) is 0 Å². The predicted molar refractivity (Wildman–Crippen MR) is 99.0 cm³/mol. The number of nitrogens with zero attached hydrogens (tertiary/aromatic N) is 1. The molecule has 0 radical (unpaired) electrons. The molecule has 0 aliphatic carbocycles. The van der Waals surface area contributed by atoms with E-state index in [0.29, 0.717) is 11.5 Å². The summed E-state index contributed by atoms with van der Waals surface area (Å²) in [4.78, 5) is 27.1. The van der Waals surface area contributed by atoms with Gasteiger partial charge in [-0.3, -0.25) is 4.79 Å². The number of esters is 1. The maximum Gasteiger partial charge on any atom is 0.351 e. The molecular weight excluding hydrogens is 346 g/mol. The Morgan fingerprint density at radius 3 is 2.63 bits per heavy atom. The first-order valence-electron chi connectivity index (χ1n) is 9.04. The molecule has 0 saturated carbocycles. The molecule has 140 valence electrons. The molecule has 6 heteroatoms. The lowest BCUT2D eigenvalue weighted by Gasteiger charge is -2.28. The second kappa shape index (κ2) is 6.95. The van der Waals surface area contributed by atoms with Gasteiger partial charge in [0.15, 0.2) is 17.6 Å². The van der Waals surface area contributed by atoms with Crippen LogP contribution >= 0.6 is 0 Å². The summed E-state index contributed by atoms with van der Waals surface area (Å²) in [5, 5.41) is 0. The minimum Gasteiger partial charge on any atom is -0.485 e. The molecule has 2 aromatic carbocycles. The smallest absolute Gasteiger partial charge is 0.351 e. The van der Waals surface area contributed by atoms with Crippen LogP contribution in [0.25, 0.3) is 0 Å². The third-order valence-electron chi connectivity index (χ3n) is 4.86. The van der Waals surface area contributed by atoms with E-state index in [1.165, 1.54) is 0 Å². The fraction of sp³-hybridized carbons (Fsp3) is 0.333. The number of carbonyl (C=O) groups excluding carboxylic acids is 2. The Bertz CT molecular complexity index is 880. The van der Waals surface area contributed by atoms with Crippen molar-refractivity contribution in [3.8, 4) is 11.5 Å². The number of ether oxygens (including phenoxy) is 3. The van der Waals surface area contributed by atoms with Crippen LogP contribution in [0.3, 0.4) is 0 Å². The molecule has 4 rings (SSSR count). The van der Waals surface area contributed by atoms with Gasteiger partial charge in [0.05, 0.1) is 0 Å². The molecule has 2 aromatic rings. The Morgan fingerprint density at radius 1 is 1.11 bits per heavy atom. The third kappa shape index (κ3) is 3.23. The Morgan fingerprint density at radius 2 is 1.81 bits per heavy atom. The van der Waals surface area contributed by atoms with Gasteiger partial charge in [0.2, 0.25) is 6.10 Å². The fourth-order valence-electron chi connectivity index (χ4n) is 3.53. The zero-order valence-electron chi connectivity index (χ0n) is 15.3. The van der Waals surface area contributed by atoms with Gasteiger partial charge in [-0.2, -0.15) is 0 Å². The number of carbonyl (C=O) groups is 2. The highest BCUT2D eigenvalue weighted by Crippen LogP contribution is 2.33. The number of hydrogen-bond donors (Lipinski definition) is 0. The molecule has 0 fully saturated rings. The number of benzene rings is 2. The second-order valence-electron chi connectivity index (χ2n) is 6.83. The van der Waals surface area contributed by atoms with E-state index in [0.717, 1.165) is 17.7 Å². The quantitative estimate of drug-likeness (QED) is 0.781. The van der Waals surface area contributed by atoms with E-state index < -0.39 is 18.2 Å². The summed E-state index contributed by atoms with van der Waals surface area (Å²) >= 11 is 0. The van der Waals surface area contributed by atoms with Gasteiger partial charge in [0.1, 0.15) is 6.61 Å². The van der Waals surface area contributed by atoms with Crippen molar-refractivity contribution in [2.24, 2.45) is 0 Å². The van der Waals surface area contributed by atoms with E-state index in [1.54, 1.807) is 30.0 Å². The zero-order valence-corrected chi connectivity index (χ0v) is 15.3. The van der Waals surface area contributed by atoms with Crippen molar-refractivity contribution < 1.29 is 23.8 Å². The van der Waals surface area contributed by atoms with Gasteiger partial charge in [0.25, 0.3) is 5.91 Å². The van der Waals surface area contributed by atoms with Gasteiger partial charge in [0, 0.05) is 11.7 Å². The highest BCUT2D eigenvalue weighted by molar-refractivity contribution is 5.99.